The van der Waals surface area contributed by atoms with Gasteiger partial charge in [-0.1, -0.05) is 32.0 Å². The molecule has 0 saturated heterocycles. The number of carbonyl (C=O) groups is 2. The predicted octanol–water partition coefficient (Wildman–Crippen LogP) is 2.38. The second-order valence-electron chi connectivity index (χ2n) is 5.80. The average Bonchev–Trinajstić information content (AvgIpc) is 2.43. The van der Waals surface area contributed by atoms with Crippen molar-refractivity contribution in [1.29, 1.82) is 0 Å². The van der Waals surface area contributed by atoms with Crippen LogP contribution in [0.2, 0.25) is 0 Å². The first-order valence-corrected chi connectivity index (χ1v) is 7.65. The molecule has 5 heteroatoms. The van der Waals surface area contributed by atoms with Crippen LogP contribution in [0.4, 0.5) is 4.39 Å². The van der Waals surface area contributed by atoms with Crippen LogP contribution in [0.3, 0.4) is 0 Å². The SMILES string of the molecule is CC(=O)N(CCNC(=O)CC(C)C)CCc1ccccc1F. The van der Waals surface area contributed by atoms with Crippen LogP contribution in [0.15, 0.2) is 24.3 Å². The number of carbonyl (C=O) groups excluding carboxylic acids is 2. The number of nitrogens with one attached hydrogen (secondary N) is 1. The zero-order valence-electron chi connectivity index (χ0n) is 13.6. The lowest BCUT2D eigenvalue weighted by atomic mass is 10.1. The summed E-state index contributed by atoms with van der Waals surface area (Å²) in [6.45, 7) is 6.75. The van der Waals surface area contributed by atoms with Crippen molar-refractivity contribution in [2.45, 2.75) is 33.6 Å². The van der Waals surface area contributed by atoms with Crippen molar-refractivity contribution in [2.75, 3.05) is 19.6 Å². The van der Waals surface area contributed by atoms with Crippen molar-refractivity contribution >= 4 is 11.8 Å². The van der Waals surface area contributed by atoms with E-state index in [1.165, 1.54) is 13.0 Å². The highest BCUT2D eigenvalue weighted by Gasteiger charge is 2.11. The standard InChI is InChI=1S/C17H25FN2O2/c1-13(2)12-17(22)19-9-11-20(14(3)21)10-8-15-6-4-5-7-16(15)18/h4-7,13H,8-12H2,1-3H3,(H,19,22). The van der Waals surface area contributed by atoms with Gasteiger partial charge in [0.2, 0.25) is 11.8 Å². The summed E-state index contributed by atoms with van der Waals surface area (Å²) in [7, 11) is 0. The van der Waals surface area contributed by atoms with Gasteiger partial charge in [-0.05, 0) is 24.0 Å². The van der Waals surface area contributed by atoms with Crippen molar-refractivity contribution in [3.8, 4) is 0 Å². The lowest BCUT2D eigenvalue weighted by Crippen LogP contribution is -2.38. The molecule has 0 fully saturated rings. The first-order valence-electron chi connectivity index (χ1n) is 7.65. The summed E-state index contributed by atoms with van der Waals surface area (Å²) in [4.78, 5) is 24.8. The van der Waals surface area contributed by atoms with E-state index >= 15 is 0 Å². The minimum Gasteiger partial charge on any atom is -0.354 e. The van der Waals surface area contributed by atoms with E-state index in [9.17, 15) is 14.0 Å². The molecule has 1 N–H and O–H groups in total. The van der Waals surface area contributed by atoms with Gasteiger partial charge in [-0.2, -0.15) is 0 Å². The summed E-state index contributed by atoms with van der Waals surface area (Å²) in [6, 6.07) is 6.56. The zero-order valence-corrected chi connectivity index (χ0v) is 13.6. The normalized spacial score (nSPS) is 10.6. The molecule has 0 aliphatic carbocycles. The number of nitrogens with zero attached hydrogens (tertiary/aromatic N) is 1. The highest BCUT2D eigenvalue weighted by Crippen LogP contribution is 2.08. The summed E-state index contributed by atoms with van der Waals surface area (Å²) in [5.41, 5.74) is 0.595. The summed E-state index contributed by atoms with van der Waals surface area (Å²) < 4.78 is 13.6. The molecule has 0 bridgehead atoms. The molecule has 0 heterocycles. The van der Waals surface area contributed by atoms with Gasteiger partial charge in [0.25, 0.3) is 0 Å². The number of amides is 2. The van der Waals surface area contributed by atoms with E-state index in [4.69, 9.17) is 0 Å². The van der Waals surface area contributed by atoms with Crippen LogP contribution in [-0.4, -0.2) is 36.3 Å². The molecule has 0 atom stereocenters. The number of rotatable bonds is 8. The van der Waals surface area contributed by atoms with Gasteiger partial charge in [-0.15, -0.1) is 0 Å². The molecule has 122 valence electrons. The molecule has 22 heavy (non-hydrogen) atoms. The van der Waals surface area contributed by atoms with Gasteiger partial charge in [-0.3, -0.25) is 9.59 Å². The molecular weight excluding hydrogens is 283 g/mol. The second kappa shape index (κ2) is 9.18. The van der Waals surface area contributed by atoms with Gasteiger partial charge in [0.15, 0.2) is 0 Å². The molecular formula is C17H25FN2O2. The van der Waals surface area contributed by atoms with Crippen LogP contribution in [0, 0.1) is 11.7 Å². The lowest BCUT2D eigenvalue weighted by Gasteiger charge is -2.21. The van der Waals surface area contributed by atoms with Crippen molar-refractivity contribution in [3.05, 3.63) is 35.6 Å². The maximum Gasteiger partial charge on any atom is 0.220 e. The van der Waals surface area contributed by atoms with Crippen LogP contribution >= 0.6 is 0 Å². The fraction of sp³-hybridized carbons (Fsp3) is 0.529. The number of halogens is 1. The van der Waals surface area contributed by atoms with Crippen LogP contribution in [-0.2, 0) is 16.0 Å². The number of benzene rings is 1. The first kappa shape index (κ1) is 18.1. The van der Waals surface area contributed by atoms with E-state index in [1.54, 1.807) is 23.1 Å². The van der Waals surface area contributed by atoms with Gasteiger partial charge in [0, 0.05) is 33.0 Å². The number of hydrogen-bond donors (Lipinski definition) is 1. The predicted molar refractivity (Wildman–Crippen MR) is 84.8 cm³/mol. The highest BCUT2D eigenvalue weighted by molar-refractivity contribution is 5.76. The van der Waals surface area contributed by atoms with Crippen LogP contribution in [0.5, 0.6) is 0 Å². The van der Waals surface area contributed by atoms with Gasteiger partial charge in [0.05, 0.1) is 0 Å². The topological polar surface area (TPSA) is 49.4 Å². The molecule has 1 aromatic rings. The molecule has 0 saturated carbocycles. The van der Waals surface area contributed by atoms with Gasteiger partial charge >= 0.3 is 0 Å². The van der Waals surface area contributed by atoms with Crippen molar-refractivity contribution in [1.82, 2.24) is 10.2 Å². The van der Waals surface area contributed by atoms with Crippen LogP contribution in [0.25, 0.3) is 0 Å². The van der Waals surface area contributed by atoms with Gasteiger partial charge in [0.1, 0.15) is 5.82 Å². The third-order valence-electron chi connectivity index (χ3n) is 3.35. The van der Waals surface area contributed by atoms with Crippen molar-refractivity contribution in [3.63, 3.8) is 0 Å². The second-order valence-corrected chi connectivity index (χ2v) is 5.80. The summed E-state index contributed by atoms with van der Waals surface area (Å²) in [5, 5.41) is 2.80. The minimum atomic E-state index is -0.253. The molecule has 2 amide bonds. The molecule has 0 unspecified atom stereocenters. The molecule has 0 spiro atoms. The Labute approximate surface area is 131 Å². The van der Waals surface area contributed by atoms with Gasteiger partial charge in [-0.25, -0.2) is 4.39 Å². The van der Waals surface area contributed by atoms with E-state index in [1.807, 2.05) is 13.8 Å². The maximum atomic E-state index is 13.6. The van der Waals surface area contributed by atoms with Crippen molar-refractivity contribution < 1.29 is 14.0 Å². The van der Waals surface area contributed by atoms with E-state index in [2.05, 4.69) is 5.32 Å². The molecule has 0 aromatic heterocycles. The Morgan fingerprint density at radius 3 is 2.50 bits per heavy atom. The Bertz CT molecular complexity index is 503. The third-order valence-corrected chi connectivity index (χ3v) is 3.35. The fourth-order valence-electron chi connectivity index (χ4n) is 2.16. The molecule has 1 aromatic carbocycles. The Morgan fingerprint density at radius 1 is 1.23 bits per heavy atom. The highest BCUT2D eigenvalue weighted by atomic mass is 19.1. The number of hydrogen-bond acceptors (Lipinski definition) is 2. The van der Waals surface area contributed by atoms with Gasteiger partial charge < -0.3 is 10.2 Å². The molecule has 0 aliphatic rings. The smallest absolute Gasteiger partial charge is 0.220 e. The molecule has 4 nitrogen and oxygen atoms in total. The quantitative estimate of drug-likeness (QED) is 0.801. The summed E-state index contributed by atoms with van der Waals surface area (Å²) in [6.07, 6.45) is 0.946. The lowest BCUT2D eigenvalue weighted by molar-refractivity contribution is -0.129. The Kier molecular flexibility index (Phi) is 7.57. The van der Waals surface area contributed by atoms with Crippen LogP contribution < -0.4 is 5.32 Å². The Morgan fingerprint density at radius 2 is 1.91 bits per heavy atom. The fourth-order valence-corrected chi connectivity index (χ4v) is 2.16. The van der Waals surface area contributed by atoms with Crippen molar-refractivity contribution in [2.24, 2.45) is 5.92 Å². The minimum absolute atomic E-state index is 0.00685. The average molecular weight is 308 g/mol. The van der Waals surface area contributed by atoms with E-state index in [0.29, 0.717) is 44.0 Å². The molecule has 0 aliphatic heterocycles. The summed E-state index contributed by atoms with van der Waals surface area (Å²) >= 11 is 0. The van der Waals surface area contributed by atoms with E-state index in [-0.39, 0.29) is 17.6 Å². The van der Waals surface area contributed by atoms with E-state index < -0.39 is 0 Å². The monoisotopic (exact) mass is 308 g/mol. The maximum absolute atomic E-state index is 13.6. The first-order chi connectivity index (χ1) is 10.4. The van der Waals surface area contributed by atoms with E-state index in [0.717, 1.165) is 0 Å². The third kappa shape index (κ3) is 6.70. The Hall–Kier alpha value is -1.91. The summed E-state index contributed by atoms with van der Waals surface area (Å²) in [5.74, 6) is -0.0248. The zero-order chi connectivity index (χ0) is 16.5. The molecule has 1 rings (SSSR count). The molecule has 0 radical (unpaired) electrons. The van der Waals surface area contributed by atoms with Crippen LogP contribution in [0.1, 0.15) is 32.8 Å². The largest absolute Gasteiger partial charge is 0.354 e. The Balaban J connectivity index is 2.41.